The van der Waals surface area contributed by atoms with Gasteiger partial charge in [-0.3, -0.25) is 9.78 Å². The molecule has 0 bridgehead atoms. The molecule has 0 radical (unpaired) electrons. The van der Waals surface area contributed by atoms with E-state index < -0.39 is 0 Å². The van der Waals surface area contributed by atoms with E-state index >= 15 is 0 Å². The number of rotatable bonds is 5. The number of carboxylic acid groups (broad SMARTS) is 1. The molecule has 2 N–H and O–H groups in total. The smallest absolute Gasteiger partial charge is 0.290 e. The quantitative estimate of drug-likeness (QED) is 0.446. The molecule has 6 heteroatoms. The average Bonchev–Trinajstić information content (AvgIpc) is 2.64. The zero-order valence-corrected chi connectivity index (χ0v) is 15.2. The normalized spacial score (nSPS) is 9.62. The lowest BCUT2D eigenvalue weighted by atomic mass is 10.2. The van der Waals surface area contributed by atoms with Crippen LogP contribution < -0.4 is 10.1 Å². The van der Waals surface area contributed by atoms with Crippen LogP contribution >= 0.6 is 12.6 Å². The number of hydrogen-bond acceptors (Lipinski definition) is 5. The Morgan fingerprint density at radius 2 is 1.96 bits per heavy atom. The van der Waals surface area contributed by atoms with E-state index in [9.17, 15) is 0 Å². The van der Waals surface area contributed by atoms with Crippen molar-refractivity contribution in [3.05, 3.63) is 78.1 Å². The van der Waals surface area contributed by atoms with E-state index in [1.54, 1.807) is 12.4 Å². The molecule has 1 aromatic heterocycles. The first kappa shape index (κ1) is 19.3. The molecule has 134 valence electrons. The van der Waals surface area contributed by atoms with Crippen molar-refractivity contribution in [3.63, 3.8) is 0 Å². The number of aryl methyl sites for hydroxylation is 1. The van der Waals surface area contributed by atoms with E-state index in [2.05, 4.69) is 48.1 Å². The van der Waals surface area contributed by atoms with Crippen molar-refractivity contribution in [1.82, 2.24) is 4.98 Å². The van der Waals surface area contributed by atoms with Crippen molar-refractivity contribution in [3.8, 4) is 11.5 Å². The first-order chi connectivity index (χ1) is 12.6. The van der Waals surface area contributed by atoms with Gasteiger partial charge in [0, 0.05) is 23.3 Å². The number of thiol groups is 1. The maximum Gasteiger partial charge on any atom is 0.290 e. The molecule has 1 heterocycles. The summed E-state index contributed by atoms with van der Waals surface area (Å²) in [6.45, 7) is 2.52. The Balaban J connectivity index is 0.000000758. The Morgan fingerprint density at radius 1 is 1.15 bits per heavy atom. The fraction of sp³-hybridized carbons (Fsp3) is 0.100. The average molecular weight is 368 g/mol. The van der Waals surface area contributed by atoms with Crippen LogP contribution in [0.25, 0.3) is 0 Å². The minimum atomic E-state index is -0.250. The molecule has 0 aliphatic carbocycles. The van der Waals surface area contributed by atoms with E-state index in [0.717, 1.165) is 27.6 Å². The van der Waals surface area contributed by atoms with Crippen LogP contribution in [0.2, 0.25) is 0 Å². The molecule has 0 saturated carbocycles. The van der Waals surface area contributed by atoms with Crippen LogP contribution in [0.4, 0.5) is 5.69 Å². The highest BCUT2D eigenvalue weighted by Crippen LogP contribution is 2.26. The maximum atomic E-state index is 8.36. The summed E-state index contributed by atoms with van der Waals surface area (Å²) in [5, 5.41) is 10.3. The van der Waals surface area contributed by atoms with Crippen molar-refractivity contribution in [2.24, 2.45) is 0 Å². The molecule has 3 aromatic rings. The fourth-order valence-electron chi connectivity index (χ4n) is 2.26. The number of hydrogen-bond donors (Lipinski definition) is 3. The van der Waals surface area contributed by atoms with Crippen LogP contribution in [0.15, 0.2) is 71.9 Å². The summed E-state index contributed by atoms with van der Waals surface area (Å²) in [5.74, 6) is 1.49. The summed E-state index contributed by atoms with van der Waals surface area (Å²) >= 11 is 4.53. The van der Waals surface area contributed by atoms with Gasteiger partial charge in [0.15, 0.2) is 0 Å². The minimum absolute atomic E-state index is 0.250. The minimum Gasteiger partial charge on any atom is -0.483 e. The molecule has 0 saturated heterocycles. The van der Waals surface area contributed by atoms with Gasteiger partial charge in [-0.2, -0.15) is 0 Å². The molecule has 3 rings (SSSR count). The topological polar surface area (TPSA) is 71.5 Å². The Kier molecular flexibility index (Phi) is 7.51. The van der Waals surface area contributed by atoms with Crippen molar-refractivity contribution >= 4 is 24.8 Å². The summed E-state index contributed by atoms with van der Waals surface area (Å²) in [6.07, 6.45) is 3.42. The molecule has 0 aliphatic heterocycles. The SMILES string of the molecule is Cc1cccc(NCc2cc(Oc3cccnc3)ccc2S)c1.O=CO. The van der Waals surface area contributed by atoms with Crippen LogP contribution in [-0.4, -0.2) is 16.6 Å². The molecule has 0 amide bonds. The Bertz CT molecular complexity index is 841. The number of nitrogens with one attached hydrogen (secondary N) is 1. The van der Waals surface area contributed by atoms with Gasteiger partial charge < -0.3 is 15.2 Å². The first-order valence-electron chi connectivity index (χ1n) is 7.90. The largest absolute Gasteiger partial charge is 0.483 e. The van der Waals surface area contributed by atoms with Crippen molar-refractivity contribution in [2.75, 3.05) is 5.32 Å². The van der Waals surface area contributed by atoms with Crippen LogP contribution in [0, 0.1) is 6.92 Å². The van der Waals surface area contributed by atoms with Crippen LogP contribution in [0.1, 0.15) is 11.1 Å². The molecular formula is C20H20N2O3S. The summed E-state index contributed by atoms with van der Waals surface area (Å²) in [4.78, 5) is 13.3. The van der Waals surface area contributed by atoms with E-state index in [-0.39, 0.29) is 6.47 Å². The third kappa shape index (κ3) is 6.14. The van der Waals surface area contributed by atoms with Crippen LogP contribution in [0.3, 0.4) is 0 Å². The number of carbonyl (C=O) groups is 1. The fourth-order valence-corrected chi connectivity index (χ4v) is 2.48. The van der Waals surface area contributed by atoms with Gasteiger partial charge in [0.05, 0.1) is 6.20 Å². The maximum absolute atomic E-state index is 8.36. The van der Waals surface area contributed by atoms with Gasteiger partial charge in [-0.25, -0.2) is 0 Å². The Morgan fingerprint density at radius 3 is 2.65 bits per heavy atom. The predicted octanol–water partition coefficient (Wildman–Crippen LogP) is 4.78. The molecule has 26 heavy (non-hydrogen) atoms. The zero-order valence-electron chi connectivity index (χ0n) is 14.3. The lowest BCUT2D eigenvalue weighted by Crippen LogP contribution is -2.01. The summed E-state index contributed by atoms with van der Waals surface area (Å²) in [7, 11) is 0. The van der Waals surface area contributed by atoms with E-state index in [0.29, 0.717) is 6.54 Å². The van der Waals surface area contributed by atoms with E-state index in [1.165, 1.54) is 5.56 Å². The second kappa shape index (κ2) is 10.1. The number of ether oxygens (including phenoxy) is 1. The highest BCUT2D eigenvalue weighted by Gasteiger charge is 2.04. The van der Waals surface area contributed by atoms with Crippen molar-refractivity contribution < 1.29 is 14.6 Å². The van der Waals surface area contributed by atoms with Crippen molar-refractivity contribution in [2.45, 2.75) is 18.4 Å². The standard InChI is InChI=1S/C19H18N2OS.CH2O2/c1-14-4-2-5-16(10-14)21-12-15-11-17(7-8-19(15)23)22-18-6-3-9-20-13-18;2-1-3/h2-11,13,21,23H,12H2,1H3;1H,(H,2,3). The lowest BCUT2D eigenvalue weighted by Gasteiger charge is -2.12. The molecule has 5 nitrogen and oxygen atoms in total. The Hall–Kier alpha value is -2.99. The third-order valence-electron chi connectivity index (χ3n) is 3.42. The highest BCUT2D eigenvalue weighted by molar-refractivity contribution is 7.80. The summed E-state index contributed by atoms with van der Waals surface area (Å²) < 4.78 is 5.82. The van der Waals surface area contributed by atoms with Crippen LogP contribution in [-0.2, 0) is 11.3 Å². The number of nitrogens with zero attached hydrogens (tertiary/aromatic N) is 1. The number of anilines is 1. The second-order valence-electron chi connectivity index (χ2n) is 5.41. The van der Waals surface area contributed by atoms with Gasteiger partial charge in [-0.05, 0) is 60.5 Å². The highest BCUT2D eigenvalue weighted by atomic mass is 32.1. The number of pyridine rings is 1. The van der Waals surface area contributed by atoms with Crippen molar-refractivity contribution in [1.29, 1.82) is 0 Å². The monoisotopic (exact) mass is 368 g/mol. The molecular weight excluding hydrogens is 348 g/mol. The predicted molar refractivity (Wildman–Crippen MR) is 105 cm³/mol. The van der Waals surface area contributed by atoms with E-state index in [4.69, 9.17) is 14.6 Å². The molecule has 2 aromatic carbocycles. The van der Waals surface area contributed by atoms with Gasteiger partial charge in [0.2, 0.25) is 0 Å². The lowest BCUT2D eigenvalue weighted by molar-refractivity contribution is -0.122. The van der Waals surface area contributed by atoms with Crippen LogP contribution in [0.5, 0.6) is 11.5 Å². The third-order valence-corrected chi connectivity index (χ3v) is 3.86. The molecule has 0 fully saturated rings. The molecule has 0 unspecified atom stereocenters. The Labute approximate surface area is 158 Å². The van der Waals surface area contributed by atoms with Gasteiger partial charge in [-0.15, -0.1) is 12.6 Å². The number of benzene rings is 2. The van der Waals surface area contributed by atoms with E-state index in [1.807, 2.05) is 36.4 Å². The molecule has 0 atom stereocenters. The first-order valence-corrected chi connectivity index (χ1v) is 8.35. The van der Waals surface area contributed by atoms with Gasteiger partial charge in [0.1, 0.15) is 11.5 Å². The second-order valence-corrected chi connectivity index (χ2v) is 5.89. The van der Waals surface area contributed by atoms with Gasteiger partial charge >= 0.3 is 0 Å². The zero-order chi connectivity index (χ0) is 18.8. The van der Waals surface area contributed by atoms with Gasteiger partial charge in [0.25, 0.3) is 6.47 Å². The molecule has 0 spiro atoms. The molecule has 0 aliphatic rings. The van der Waals surface area contributed by atoms with Gasteiger partial charge in [-0.1, -0.05) is 12.1 Å². The summed E-state index contributed by atoms with van der Waals surface area (Å²) in [5.41, 5.74) is 3.40. The number of aromatic nitrogens is 1. The summed E-state index contributed by atoms with van der Waals surface area (Å²) in [6, 6.07) is 17.9.